The number of methoxy groups -OCH3 is 1. The van der Waals surface area contributed by atoms with Crippen LogP contribution in [-0.4, -0.2) is 20.4 Å². The van der Waals surface area contributed by atoms with Crippen molar-refractivity contribution in [3.8, 4) is 17.6 Å². The van der Waals surface area contributed by atoms with Crippen LogP contribution >= 0.6 is 0 Å². The number of pyridine rings is 1. The molecule has 1 heterocycles. The highest BCUT2D eigenvalue weighted by Gasteiger charge is 2.40. The maximum absolute atomic E-state index is 12.9. The summed E-state index contributed by atoms with van der Waals surface area (Å²) in [5.41, 5.74) is 1.76. The van der Waals surface area contributed by atoms with Crippen molar-refractivity contribution in [2.24, 2.45) is 0 Å². The molecule has 0 bridgehead atoms. The van der Waals surface area contributed by atoms with Crippen LogP contribution in [-0.2, 0) is 11.0 Å². The van der Waals surface area contributed by atoms with E-state index >= 15 is 0 Å². The number of ether oxygens (including phenoxy) is 2. The highest BCUT2D eigenvalue weighted by atomic mass is 28.4. The van der Waals surface area contributed by atoms with E-state index in [2.05, 4.69) is 44.9 Å². The molecule has 1 aromatic heterocycles. The maximum Gasteiger partial charge on any atom is 0.194 e. The van der Waals surface area contributed by atoms with Crippen molar-refractivity contribution in [1.82, 2.24) is 4.98 Å². The molecule has 0 aliphatic rings. The molecule has 6 nitrogen and oxygen atoms in total. The minimum atomic E-state index is -2.29. The van der Waals surface area contributed by atoms with Crippen LogP contribution in [0.3, 0.4) is 0 Å². The number of nitrogens with one attached hydrogen (secondary N) is 1. The second-order valence-corrected chi connectivity index (χ2v) is 14.0. The lowest BCUT2D eigenvalue weighted by Gasteiger charge is -2.37. The standard InChI is InChI=1S/C25H30N2O4Si/c1-25(2,3)32(5,6)31-21(15-26)18-14-20(30-16-17-10-8-7-9-11-17)24(29-4)23-22(18)19(28)12-13-27-23/h7-14,21H,16H2,1-6H3,(H,27,28). The average Bonchev–Trinajstić information content (AvgIpc) is 2.75. The minimum Gasteiger partial charge on any atom is -0.491 e. The quantitative estimate of drug-likeness (QED) is 0.467. The number of fused-ring (bicyclic) bond motifs is 1. The van der Waals surface area contributed by atoms with Crippen LogP contribution in [0.15, 0.2) is 53.5 Å². The number of rotatable bonds is 7. The van der Waals surface area contributed by atoms with Crippen LogP contribution < -0.4 is 14.9 Å². The molecular formula is C25H30N2O4Si. The molecule has 32 heavy (non-hydrogen) atoms. The van der Waals surface area contributed by atoms with E-state index in [1.165, 1.54) is 13.2 Å². The number of hydrogen-bond donors (Lipinski definition) is 1. The highest BCUT2D eigenvalue weighted by molar-refractivity contribution is 6.74. The van der Waals surface area contributed by atoms with Gasteiger partial charge >= 0.3 is 0 Å². The molecule has 1 unspecified atom stereocenters. The fourth-order valence-corrected chi connectivity index (χ4v) is 4.35. The van der Waals surface area contributed by atoms with E-state index in [9.17, 15) is 10.1 Å². The van der Waals surface area contributed by atoms with E-state index < -0.39 is 14.4 Å². The molecule has 0 saturated heterocycles. The number of aromatic nitrogens is 1. The lowest BCUT2D eigenvalue weighted by Crippen LogP contribution is -2.41. The van der Waals surface area contributed by atoms with Crippen LogP contribution in [0.5, 0.6) is 11.5 Å². The lowest BCUT2D eigenvalue weighted by atomic mass is 10.0. The summed E-state index contributed by atoms with van der Waals surface area (Å²) in [7, 11) is -0.763. The molecule has 0 aliphatic carbocycles. The van der Waals surface area contributed by atoms with E-state index in [1.807, 2.05) is 30.3 Å². The van der Waals surface area contributed by atoms with E-state index in [4.69, 9.17) is 13.9 Å². The topological polar surface area (TPSA) is 84.3 Å². The Morgan fingerprint density at radius 1 is 1.16 bits per heavy atom. The Balaban J connectivity index is 2.16. The second kappa shape index (κ2) is 9.19. The monoisotopic (exact) mass is 450 g/mol. The SMILES string of the molecule is COc1c(OCc2ccccc2)cc(C(C#N)O[Si](C)(C)C(C)(C)C)c2c(=O)cc[nH]c12. The first-order valence-corrected chi connectivity index (χ1v) is 13.5. The van der Waals surface area contributed by atoms with E-state index in [1.54, 1.807) is 12.3 Å². The Morgan fingerprint density at radius 2 is 1.84 bits per heavy atom. The minimum absolute atomic E-state index is 0.0938. The van der Waals surface area contributed by atoms with Gasteiger partial charge in [0.15, 0.2) is 31.3 Å². The van der Waals surface area contributed by atoms with Crippen molar-refractivity contribution < 1.29 is 13.9 Å². The van der Waals surface area contributed by atoms with Gasteiger partial charge < -0.3 is 18.9 Å². The van der Waals surface area contributed by atoms with Gasteiger partial charge in [0, 0.05) is 17.8 Å². The summed E-state index contributed by atoms with van der Waals surface area (Å²) < 4.78 is 18.1. The fourth-order valence-electron chi connectivity index (χ4n) is 3.23. The Hall–Kier alpha value is -3.08. The Kier molecular flexibility index (Phi) is 6.77. The molecule has 0 saturated carbocycles. The molecule has 0 radical (unpaired) electrons. The number of nitriles is 1. The van der Waals surface area contributed by atoms with Gasteiger partial charge in [-0.05, 0) is 29.8 Å². The van der Waals surface area contributed by atoms with Crippen LogP contribution in [0.1, 0.15) is 38.0 Å². The third-order valence-corrected chi connectivity index (χ3v) is 10.5. The van der Waals surface area contributed by atoms with Crippen molar-refractivity contribution >= 4 is 19.2 Å². The molecule has 2 aromatic carbocycles. The van der Waals surface area contributed by atoms with Crippen molar-refractivity contribution in [1.29, 1.82) is 5.26 Å². The summed E-state index contributed by atoms with van der Waals surface area (Å²) in [5.74, 6) is 0.862. The largest absolute Gasteiger partial charge is 0.491 e. The van der Waals surface area contributed by atoms with Crippen LogP contribution in [0.2, 0.25) is 18.1 Å². The summed E-state index contributed by atoms with van der Waals surface area (Å²) in [5, 5.41) is 10.3. The van der Waals surface area contributed by atoms with Gasteiger partial charge in [-0.15, -0.1) is 0 Å². The zero-order valence-corrected chi connectivity index (χ0v) is 20.5. The summed E-state index contributed by atoms with van der Waals surface area (Å²) >= 11 is 0. The first-order chi connectivity index (χ1) is 15.1. The number of benzene rings is 2. The third kappa shape index (κ3) is 4.72. The molecule has 168 valence electrons. The number of aromatic amines is 1. The van der Waals surface area contributed by atoms with E-state index in [0.29, 0.717) is 34.6 Å². The van der Waals surface area contributed by atoms with Crippen LogP contribution in [0.25, 0.3) is 10.9 Å². The Morgan fingerprint density at radius 3 is 2.44 bits per heavy atom. The second-order valence-electron chi connectivity index (χ2n) is 9.25. The number of H-pyrrole nitrogens is 1. The lowest BCUT2D eigenvalue weighted by molar-refractivity contribution is 0.235. The van der Waals surface area contributed by atoms with Crippen molar-refractivity contribution in [3.05, 3.63) is 70.0 Å². The Labute approximate surface area is 189 Å². The van der Waals surface area contributed by atoms with Gasteiger partial charge in [-0.2, -0.15) is 5.26 Å². The van der Waals surface area contributed by atoms with Crippen molar-refractivity contribution in [3.63, 3.8) is 0 Å². The van der Waals surface area contributed by atoms with E-state index in [-0.39, 0.29) is 10.5 Å². The summed E-state index contributed by atoms with van der Waals surface area (Å²) in [6, 6.07) is 15.2. The zero-order chi connectivity index (χ0) is 23.5. The van der Waals surface area contributed by atoms with Gasteiger partial charge in [-0.25, -0.2) is 0 Å². The third-order valence-electron chi connectivity index (χ3n) is 6.04. The number of nitrogens with zero attached hydrogens (tertiary/aromatic N) is 1. The molecule has 7 heteroatoms. The molecule has 0 spiro atoms. The van der Waals surface area contributed by atoms with Gasteiger partial charge in [-0.3, -0.25) is 4.79 Å². The van der Waals surface area contributed by atoms with Crippen molar-refractivity contribution in [2.75, 3.05) is 7.11 Å². The predicted octanol–water partition coefficient (Wildman–Crippen LogP) is 5.70. The first kappa shape index (κ1) is 23.6. The smallest absolute Gasteiger partial charge is 0.194 e. The fraction of sp³-hybridized carbons (Fsp3) is 0.360. The van der Waals surface area contributed by atoms with Gasteiger partial charge in [0.2, 0.25) is 0 Å². The molecule has 3 rings (SSSR count). The van der Waals surface area contributed by atoms with Gasteiger partial charge in [-0.1, -0.05) is 51.1 Å². The van der Waals surface area contributed by atoms with Crippen LogP contribution in [0.4, 0.5) is 0 Å². The Bertz CT molecular complexity index is 1190. The van der Waals surface area contributed by atoms with E-state index in [0.717, 1.165) is 5.56 Å². The molecule has 1 N–H and O–H groups in total. The molecule has 0 aliphatic heterocycles. The average molecular weight is 451 g/mol. The predicted molar refractivity (Wildman–Crippen MR) is 129 cm³/mol. The summed E-state index contributed by atoms with van der Waals surface area (Å²) in [4.78, 5) is 16.0. The normalized spacial score (nSPS) is 12.9. The summed E-state index contributed by atoms with van der Waals surface area (Å²) in [6.07, 6.45) is 0.653. The molecule has 1 atom stereocenters. The number of hydrogen-bond acceptors (Lipinski definition) is 5. The zero-order valence-electron chi connectivity index (χ0n) is 19.5. The van der Waals surface area contributed by atoms with Gasteiger partial charge in [0.1, 0.15) is 6.61 Å². The molecular weight excluding hydrogens is 420 g/mol. The van der Waals surface area contributed by atoms with Crippen LogP contribution in [0, 0.1) is 11.3 Å². The first-order valence-electron chi connectivity index (χ1n) is 10.6. The van der Waals surface area contributed by atoms with Gasteiger partial charge in [0.05, 0.1) is 24.1 Å². The van der Waals surface area contributed by atoms with Gasteiger partial charge in [0.25, 0.3) is 0 Å². The molecule has 0 fully saturated rings. The summed E-state index contributed by atoms with van der Waals surface area (Å²) in [6.45, 7) is 10.8. The van der Waals surface area contributed by atoms with Crippen molar-refractivity contribution in [2.45, 2.75) is 51.6 Å². The maximum atomic E-state index is 12.9. The molecule has 0 amide bonds. The molecule has 3 aromatic rings. The highest BCUT2D eigenvalue weighted by Crippen LogP contribution is 2.43.